The molecule has 2 aromatic carbocycles. The first-order chi connectivity index (χ1) is 10.9. The van der Waals surface area contributed by atoms with Gasteiger partial charge in [-0.15, -0.1) is 11.6 Å². The standard InChI is InChI=1S/C18H19ClN2O2/c1-11-5-4-6-12(2)16(11)21-18(23)14-7-9-15(10-8-14)20-17(22)13(3)19/h4-10,13H,1-3H3,(H,20,22)(H,21,23). The molecule has 0 fully saturated rings. The van der Waals surface area contributed by atoms with Crippen LogP contribution in [0.15, 0.2) is 42.5 Å². The first-order valence-corrected chi connectivity index (χ1v) is 7.74. The van der Waals surface area contributed by atoms with Gasteiger partial charge in [0, 0.05) is 16.9 Å². The number of carbonyl (C=O) groups is 2. The Morgan fingerprint density at radius 2 is 1.52 bits per heavy atom. The predicted octanol–water partition coefficient (Wildman–Crippen LogP) is 4.12. The van der Waals surface area contributed by atoms with Crippen LogP contribution in [0, 0.1) is 13.8 Å². The zero-order chi connectivity index (χ0) is 17.0. The van der Waals surface area contributed by atoms with Gasteiger partial charge in [-0.3, -0.25) is 9.59 Å². The normalized spacial score (nSPS) is 11.7. The second kappa shape index (κ2) is 7.29. The number of amides is 2. The highest BCUT2D eigenvalue weighted by atomic mass is 35.5. The average molecular weight is 331 g/mol. The number of carbonyl (C=O) groups excluding carboxylic acids is 2. The van der Waals surface area contributed by atoms with Crippen LogP contribution in [0.2, 0.25) is 0 Å². The lowest BCUT2D eigenvalue weighted by Gasteiger charge is -2.12. The maximum atomic E-state index is 12.3. The average Bonchev–Trinajstić information content (AvgIpc) is 2.51. The van der Waals surface area contributed by atoms with Gasteiger partial charge in [0.1, 0.15) is 5.38 Å². The van der Waals surface area contributed by atoms with Crippen molar-refractivity contribution in [3.05, 3.63) is 59.2 Å². The fraction of sp³-hybridized carbons (Fsp3) is 0.222. The van der Waals surface area contributed by atoms with Gasteiger partial charge in [-0.1, -0.05) is 18.2 Å². The molecular formula is C18H19ClN2O2. The minimum atomic E-state index is -0.609. The Morgan fingerprint density at radius 1 is 0.957 bits per heavy atom. The SMILES string of the molecule is Cc1cccc(C)c1NC(=O)c1ccc(NC(=O)C(C)Cl)cc1. The van der Waals surface area contributed by atoms with Crippen molar-refractivity contribution in [3.63, 3.8) is 0 Å². The van der Waals surface area contributed by atoms with Crippen molar-refractivity contribution in [2.45, 2.75) is 26.1 Å². The first-order valence-electron chi connectivity index (χ1n) is 7.31. The Bertz CT molecular complexity index is 704. The van der Waals surface area contributed by atoms with E-state index in [0.717, 1.165) is 16.8 Å². The molecule has 0 aliphatic rings. The Balaban J connectivity index is 2.10. The number of benzene rings is 2. The molecule has 0 saturated carbocycles. The summed E-state index contributed by atoms with van der Waals surface area (Å²) in [5.41, 5.74) is 3.97. The molecular weight excluding hydrogens is 312 g/mol. The second-order valence-corrected chi connectivity index (χ2v) is 6.06. The molecule has 4 nitrogen and oxygen atoms in total. The van der Waals surface area contributed by atoms with Crippen LogP contribution in [-0.4, -0.2) is 17.2 Å². The lowest BCUT2D eigenvalue weighted by Crippen LogP contribution is -2.20. The molecule has 0 heterocycles. The summed E-state index contributed by atoms with van der Waals surface area (Å²) in [5, 5.41) is 4.99. The Hall–Kier alpha value is -2.33. The van der Waals surface area contributed by atoms with E-state index in [1.807, 2.05) is 32.0 Å². The van der Waals surface area contributed by atoms with E-state index in [9.17, 15) is 9.59 Å². The fourth-order valence-electron chi connectivity index (χ4n) is 2.14. The van der Waals surface area contributed by atoms with E-state index < -0.39 is 5.38 Å². The van der Waals surface area contributed by atoms with Crippen LogP contribution in [0.4, 0.5) is 11.4 Å². The number of hydrogen-bond donors (Lipinski definition) is 2. The van der Waals surface area contributed by atoms with Crippen molar-refractivity contribution in [3.8, 4) is 0 Å². The maximum absolute atomic E-state index is 12.3. The van der Waals surface area contributed by atoms with Crippen molar-refractivity contribution < 1.29 is 9.59 Å². The number of para-hydroxylation sites is 1. The molecule has 0 saturated heterocycles. The Kier molecular flexibility index (Phi) is 5.40. The van der Waals surface area contributed by atoms with E-state index in [2.05, 4.69) is 10.6 Å². The molecule has 0 aliphatic heterocycles. The van der Waals surface area contributed by atoms with E-state index in [-0.39, 0.29) is 11.8 Å². The number of rotatable bonds is 4. The molecule has 2 amide bonds. The van der Waals surface area contributed by atoms with E-state index in [1.54, 1.807) is 31.2 Å². The lowest BCUT2D eigenvalue weighted by atomic mass is 10.1. The van der Waals surface area contributed by atoms with Crippen LogP contribution in [0.3, 0.4) is 0 Å². The van der Waals surface area contributed by atoms with Crippen LogP contribution in [-0.2, 0) is 4.79 Å². The summed E-state index contributed by atoms with van der Waals surface area (Å²) in [6, 6.07) is 12.5. The molecule has 2 N–H and O–H groups in total. The monoisotopic (exact) mass is 330 g/mol. The van der Waals surface area contributed by atoms with Crippen molar-refractivity contribution >= 4 is 34.8 Å². The number of halogens is 1. The lowest BCUT2D eigenvalue weighted by molar-refractivity contribution is -0.115. The summed E-state index contributed by atoms with van der Waals surface area (Å²) in [4.78, 5) is 23.9. The molecule has 0 bridgehead atoms. The third-order valence-corrected chi connectivity index (χ3v) is 3.69. The third-order valence-electron chi connectivity index (χ3n) is 3.50. The summed E-state index contributed by atoms with van der Waals surface area (Å²) in [6.07, 6.45) is 0. The van der Waals surface area contributed by atoms with Crippen LogP contribution >= 0.6 is 11.6 Å². The number of hydrogen-bond acceptors (Lipinski definition) is 2. The van der Waals surface area contributed by atoms with Gasteiger partial charge in [0.15, 0.2) is 0 Å². The van der Waals surface area contributed by atoms with Gasteiger partial charge in [-0.25, -0.2) is 0 Å². The zero-order valence-electron chi connectivity index (χ0n) is 13.3. The van der Waals surface area contributed by atoms with Crippen molar-refractivity contribution in [1.29, 1.82) is 0 Å². The molecule has 0 aromatic heterocycles. The quantitative estimate of drug-likeness (QED) is 0.828. The predicted molar refractivity (Wildman–Crippen MR) is 94.3 cm³/mol. The number of aryl methyl sites for hydroxylation is 2. The van der Waals surface area contributed by atoms with E-state index in [1.165, 1.54) is 0 Å². The highest BCUT2D eigenvalue weighted by Crippen LogP contribution is 2.20. The van der Waals surface area contributed by atoms with Crippen LogP contribution in [0.1, 0.15) is 28.4 Å². The summed E-state index contributed by atoms with van der Waals surface area (Å²) in [7, 11) is 0. The fourth-order valence-corrected chi connectivity index (χ4v) is 2.20. The van der Waals surface area contributed by atoms with Gasteiger partial charge in [0.05, 0.1) is 0 Å². The highest BCUT2D eigenvalue weighted by molar-refractivity contribution is 6.32. The number of alkyl halides is 1. The molecule has 2 aromatic rings. The van der Waals surface area contributed by atoms with E-state index in [0.29, 0.717) is 11.3 Å². The molecule has 1 unspecified atom stereocenters. The minimum Gasteiger partial charge on any atom is -0.325 e. The van der Waals surface area contributed by atoms with Crippen LogP contribution < -0.4 is 10.6 Å². The summed E-state index contributed by atoms with van der Waals surface area (Å²) in [6.45, 7) is 5.51. The zero-order valence-corrected chi connectivity index (χ0v) is 14.1. The molecule has 5 heteroatoms. The summed E-state index contributed by atoms with van der Waals surface area (Å²) >= 11 is 5.70. The van der Waals surface area contributed by atoms with Crippen molar-refractivity contribution in [2.75, 3.05) is 10.6 Å². The molecule has 120 valence electrons. The first kappa shape index (κ1) is 17.0. The minimum absolute atomic E-state index is 0.189. The molecule has 0 radical (unpaired) electrons. The molecule has 0 aliphatic carbocycles. The Morgan fingerprint density at radius 3 is 2.04 bits per heavy atom. The van der Waals surface area contributed by atoms with E-state index in [4.69, 9.17) is 11.6 Å². The topological polar surface area (TPSA) is 58.2 Å². The Labute approximate surface area is 140 Å². The molecule has 0 spiro atoms. The van der Waals surface area contributed by atoms with Crippen molar-refractivity contribution in [1.82, 2.24) is 0 Å². The summed E-state index contributed by atoms with van der Waals surface area (Å²) < 4.78 is 0. The van der Waals surface area contributed by atoms with Gasteiger partial charge in [-0.2, -0.15) is 0 Å². The smallest absolute Gasteiger partial charge is 0.255 e. The number of nitrogens with one attached hydrogen (secondary N) is 2. The van der Waals surface area contributed by atoms with Crippen molar-refractivity contribution in [2.24, 2.45) is 0 Å². The van der Waals surface area contributed by atoms with Crippen LogP contribution in [0.25, 0.3) is 0 Å². The molecule has 2 rings (SSSR count). The van der Waals surface area contributed by atoms with Gasteiger partial charge >= 0.3 is 0 Å². The van der Waals surface area contributed by atoms with Gasteiger partial charge in [0.2, 0.25) is 5.91 Å². The highest BCUT2D eigenvalue weighted by Gasteiger charge is 2.11. The second-order valence-electron chi connectivity index (χ2n) is 5.40. The van der Waals surface area contributed by atoms with E-state index >= 15 is 0 Å². The maximum Gasteiger partial charge on any atom is 0.255 e. The molecule has 1 atom stereocenters. The number of anilines is 2. The third kappa shape index (κ3) is 4.33. The summed E-state index contributed by atoms with van der Waals surface area (Å²) in [5.74, 6) is -0.467. The van der Waals surface area contributed by atoms with Gasteiger partial charge in [-0.05, 0) is 56.2 Å². The largest absolute Gasteiger partial charge is 0.325 e. The van der Waals surface area contributed by atoms with Gasteiger partial charge in [0.25, 0.3) is 5.91 Å². The van der Waals surface area contributed by atoms with Gasteiger partial charge < -0.3 is 10.6 Å². The van der Waals surface area contributed by atoms with Crippen LogP contribution in [0.5, 0.6) is 0 Å². The molecule has 23 heavy (non-hydrogen) atoms.